The summed E-state index contributed by atoms with van der Waals surface area (Å²) in [4.78, 5) is 21.6. The number of hydrogen-bond acceptors (Lipinski definition) is 7. The summed E-state index contributed by atoms with van der Waals surface area (Å²) in [6, 6.07) is 9.19. The summed E-state index contributed by atoms with van der Waals surface area (Å²) < 4.78 is 5.04. The summed E-state index contributed by atoms with van der Waals surface area (Å²) in [5, 5.41) is 9.75. The van der Waals surface area contributed by atoms with Gasteiger partial charge in [-0.3, -0.25) is 0 Å². The van der Waals surface area contributed by atoms with Crippen LogP contribution in [0.4, 0.5) is 5.95 Å². The summed E-state index contributed by atoms with van der Waals surface area (Å²) >= 11 is 1.22. The number of aromatic nitrogens is 2. The van der Waals surface area contributed by atoms with Crippen LogP contribution in [0, 0.1) is 18.3 Å². The molecule has 0 unspecified atom stereocenters. The molecule has 0 spiro atoms. The van der Waals surface area contributed by atoms with Gasteiger partial charge in [0.05, 0.1) is 23.9 Å². The smallest absolute Gasteiger partial charge is 0.348 e. The van der Waals surface area contributed by atoms with Crippen molar-refractivity contribution in [1.29, 1.82) is 5.26 Å². The fourth-order valence-corrected chi connectivity index (χ4v) is 3.38. The Hall–Kier alpha value is -2.98. The number of nitriles is 1. The van der Waals surface area contributed by atoms with Gasteiger partial charge in [0.1, 0.15) is 9.71 Å². The molecule has 0 radical (unpaired) electrons. The molecule has 0 aliphatic rings. The first-order valence-electron chi connectivity index (χ1n) is 7.28. The van der Waals surface area contributed by atoms with Crippen molar-refractivity contribution in [3.8, 4) is 17.3 Å². The van der Waals surface area contributed by atoms with E-state index in [9.17, 15) is 4.79 Å². The molecule has 6 nitrogen and oxygen atoms in total. The van der Waals surface area contributed by atoms with Crippen molar-refractivity contribution in [1.82, 2.24) is 9.97 Å². The SMILES string of the molecule is CCOC(=O)c1cc2c(-c3ccc(C#N)cc3C)nc(N)nc2s1. The molecule has 0 aliphatic heterocycles. The molecule has 0 fully saturated rings. The number of hydrogen-bond donors (Lipinski definition) is 1. The summed E-state index contributed by atoms with van der Waals surface area (Å²) in [6.07, 6.45) is 0. The normalized spacial score (nSPS) is 10.5. The number of benzene rings is 1. The van der Waals surface area contributed by atoms with E-state index in [2.05, 4.69) is 16.0 Å². The molecule has 24 heavy (non-hydrogen) atoms. The first kappa shape index (κ1) is 15.9. The van der Waals surface area contributed by atoms with Gasteiger partial charge in [-0.15, -0.1) is 11.3 Å². The molecule has 0 bridgehead atoms. The Labute approximate surface area is 142 Å². The lowest BCUT2D eigenvalue weighted by Crippen LogP contribution is -2.01. The Bertz CT molecular complexity index is 988. The lowest BCUT2D eigenvalue weighted by molar-refractivity contribution is 0.0532. The number of anilines is 1. The van der Waals surface area contributed by atoms with Gasteiger partial charge in [-0.05, 0) is 37.6 Å². The third kappa shape index (κ3) is 2.79. The molecule has 2 N–H and O–H groups in total. The monoisotopic (exact) mass is 338 g/mol. The summed E-state index contributed by atoms with van der Waals surface area (Å²) in [5.41, 5.74) is 8.80. The maximum absolute atomic E-state index is 12.0. The molecule has 3 aromatic rings. The fraction of sp³-hybridized carbons (Fsp3) is 0.176. The highest BCUT2D eigenvalue weighted by Crippen LogP contribution is 2.34. The standard InChI is InChI=1S/C17H14N4O2S/c1-3-23-16(22)13-7-12-14(20-17(19)21-15(12)24-13)11-5-4-10(8-18)6-9(11)2/h4-7H,3H2,1-2H3,(H2,19,20,21). The number of carbonyl (C=O) groups excluding carboxylic acids is 1. The van der Waals surface area contributed by atoms with Crippen molar-refractivity contribution in [2.75, 3.05) is 12.3 Å². The van der Waals surface area contributed by atoms with Crippen LogP contribution in [0.2, 0.25) is 0 Å². The van der Waals surface area contributed by atoms with Crippen LogP contribution in [0.25, 0.3) is 21.5 Å². The van der Waals surface area contributed by atoms with E-state index in [1.54, 1.807) is 25.1 Å². The number of nitrogens with zero attached hydrogens (tertiary/aromatic N) is 3. The number of esters is 1. The molecule has 0 saturated carbocycles. The topological polar surface area (TPSA) is 102 Å². The molecule has 0 saturated heterocycles. The molecule has 1 aromatic carbocycles. The van der Waals surface area contributed by atoms with Crippen LogP contribution in [0.3, 0.4) is 0 Å². The van der Waals surface area contributed by atoms with Gasteiger partial charge in [0.25, 0.3) is 0 Å². The minimum atomic E-state index is -0.387. The van der Waals surface area contributed by atoms with Crippen molar-refractivity contribution in [2.45, 2.75) is 13.8 Å². The average Bonchev–Trinajstić information content (AvgIpc) is 2.98. The van der Waals surface area contributed by atoms with Gasteiger partial charge in [0.15, 0.2) is 0 Å². The van der Waals surface area contributed by atoms with Crippen molar-refractivity contribution in [3.05, 3.63) is 40.3 Å². The van der Waals surface area contributed by atoms with Gasteiger partial charge in [0.2, 0.25) is 5.95 Å². The highest BCUT2D eigenvalue weighted by Gasteiger charge is 2.18. The van der Waals surface area contributed by atoms with Crippen LogP contribution in [0.5, 0.6) is 0 Å². The van der Waals surface area contributed by atoms with E-state index in [1.807, 2.05) is 13.0 Å². The highest BCUT2D eigenvalue weighted by molar-refractivity contribution is 7.20. The molecule has 0 amide bonds. The van der Waals surface area contributed by atoms with Crippen molar-refractivity contribution < 1.29 is 9.53 Å². The van der Waals surface area contributed by atoms with Gasteiger partial charge in [-0.25, -0.2) is 14.8 Å². The molecule has 0 aliphatic carbocycles. The third-order valence-electron chi connectivity index (χ3n) is 3.50. The Morgan fingerprint density at radius 2 is 2.17 bits per heavy atom. The van der Waals surface area contributed by atoms with Gasteiger partial charge in [-0.2, -0.15) is 5.26 Å². The molecular weight excluding hydrogens is 324 g/mol. The number of rotatable bonds is 3. The minimum absolute atomic E-state index is 0.138. The summed E-state index contributed by atoms with van der Waals surface area (Å²) in [6.45, 7) is 3.97. The molecule has 2 heterocycles. The van der Waals surface area contributed by atoms with Gasteiger partial charge < -0.3 is 10.5 Å². The van der Waals surface area contributed by atoms with Gasteiger partial charge in [-0.1, -0.05) is 6.07 Å². The second-order valence-corrected chi connectivity index (χ2v) is 6.15. The average molecular weight is 338 g/mol. The molecule has 120 valence electrons. The summed E-state index contributed by atoms with van der Waals surface area (Å²) in [5.74, 6) is -0.250. The van der Waals surface area contributed by atoms with Crippen molar-refractivity contribution in [2.24, 2.45) is 0 Å². The molecule has 3 rings (SSSR count). The molecular formula is C17H14N4O2S. The quantitative estimate of drug-likeness (QED) is 0.735. The highest BCUT2D eigenvalue weighted by atomic mass is 32.1. The number of carbonyl (C=O) groups is 1. The number of nitrogen functional groups attached to an aromatic ring is 1. The lowest BCUT2D eigenvalue weighted by atomic mass is 10.0. The zero-order valence-corrected chi connectivity index (χ0v) is 14.0. The van der Waals surface area contributed by atoms with Crippen LogP contribution in [0.15, 0.2) is 24.3 Å². The fourth-order valence-electron chi connectivity index (χ4n) is 2.44. The Morgan fingerprint density at radius 3 is 2.83 bits per heavy atom. The zero-order chi connectivity index (χ0) is 17.3. The van der Waals surface area contributed by atoms with Crippen LogP contribution in [-0.4, -0.2) is 22.5 Å². The third-order valence-corrected chi connectivity index (χ3v) is 4.51. The first-order valence-corrected chi connectivity index (χ1v) is 8.10. The Morgan fingerprint density at radius 1 is 1.38 bits per heavy atom. The van der Waals surface area contributed by atoms with Gasteiger partial charge >= 0.3 is 5.97 Å². The van der Waals surface area contributed by atoms with Crippen LogP contribution >= 0.6 is 11.3 Å². The molecule has 0 atom stereocenters. The number of fused-ring (bicyclic) bond motifs is 1. The molecule has 7 heteroatoms. The minimum Gasteiger partial charge on any atom is -0.462 e. The van der Waals surface area contributed by atoms with Crippen LogP contribution in [0.1, 0.15) is 27.7 Å². The maximum Gasteiger partial charge on any atom is 0.348 e. The van der Waals surface area contributed by atoms with E-state index in [-0.39, 0.29) is 11.9 Å². The van der Waals surface area contributed by atoms with Crippen LogP contribution in [-0.2, 0) is 4.74 Å². The van der Waals surface area contributed by atoms with E-state index in [4.69, 9.17) is 15.7 Å². The number of ether oxygens (including phenoxy) is 1. The predicted molar refractivity (Wildman–Crippen MR) is 92.7 cm³/mol. The first-order chi connectivity index (χ1) is 11.5. The second-order valence-electron chi connectivity index (χ2n) is 5.12. The van der Waals surface area contributed by atoms with E-state index in [0.717, 1.165) is 16.5 Å². The van der Waals surface area contributed by atoms with E-state index < -0.39 is 0 Å². The maximum atomic E-state index is 12.0. The predicted octanol–water partition coefficient (Wildman–Crippen LogP) is 3.30. The number of thiophene rings is 1. The summed E-state index contributed by atoms with van der Waals surface area (Å²) in [7, 11) is 0. The molecule has 2 aromatic heterocycles. The van der Waals surface area contributed by atoms with Gasteiger partial charge in [0, 0.05) is 10.9 Å². The largest absolute Gasteiger partial charge is 0.462 e. The van der Waals surface area contributed by atoms with Crippen molar-refractivity contribution >= 4 is 33.5 Å². The number of aryl methyl sites for hydroxylation is 1. The number of nitrogens with two attached hydrogens (primary N) is 1. The van der Waals surface area contributed by atoms with Crippen LogP contribution < -0.4 is 5.73 Å². The zero-order valence-electron chi connectivity index (χ0n) is 13.2. The van der Waals surface area contributed by atoms with E-state index in [0.29, 0.717) is 27.6 Å². The second kappa shape index (κ2) is 6.26. The van der Waals surface area contributed by atoms with Crippen molar-refractivity contribution in [3.63, 3.8) is 0 Å². The van der Waals surface area contributed by atoms with E-state index in [1.165, 1.54) is 11.3 Å². The lowest BCUT2D eigenvalue weighted by Gasteiger charge is -2.07. The van der Waals surface area contributed by atoms with E-state index >= 15 is 0 Å². The Balaban J connectivity index is 2.21. The Kier molecular flexibility index (Phi) is 4.15.